The molecule has 7 nitrogen and oxygen atoms in total. The van der Waals surface area contributed by atoms with E-state index in [0.717, 1.165) is 29.9 Å². The lowest BCUT2D eigenvalue weighted by Crippen LogP contribution is -2.35. The van der Waals surface area contributed by atoms with E-state index in [9.17, 15) is 18.0 Å². The number of aryl methyl sites for hydroxylation is 1. The minimum atomic E-state index is -3.90. The molecular weight excluding hydrogens is 488 g/mol. The third-order valence-electron chi connectivity index (χ3n) is 6.91. The SMILES string of the molecule is Cc1cc(C(=O)COC(=O)c2cccc(S(=O)(=O)N3c4ccccc4CC3C)c2)c(C)n1CCC(C)C. The molecule has 3 aromatic rings. The fraction of sp³-hybridized carbons (Fsp3) is 0.379. The number of hydrogen-bond donors (Lipinski definition) is 0. The van der Waals surface area contributed by atoms with E-state index >= 15 is 0 Å². The molecule has 0 bridgehead atoms. The number of fused-ring (bicyclic) bond motifs is 1. The molecule has 0 saturated heterocycles. The van der Waals surface area contributed by atoms with Crippen molar-refractivity contribution in [1.29, 1.82) is 0 Å². The lowest BCUT2D eigenvalue weighted by molar-refractivity contribution is 0.0474. The van der Waals surface area contributed by atoms with Crippen LogP contribution in [0, 0.1) is 19.8 Å². The number of carbonyl (C=O) groups is 2. The molecule has 0 aliphatic carbocycles. The van der Waals surface area contributed by atoms with Gasteiger partial charge in [-0.15, -0.1) is 0 Å². The fourth-order valence-electron chi connectivity index (χ4n) is 4.91. The van der Waals surface area contributed by atoms with Gasteiger partial charge in [-0.05, 0) is 75.4 Å². The third kappa shape index (κ3) is 5.34. The van der Waals surface area contributed by atoms with Crippen molar-refractivity contribution in [2.45, 2.75) is 64.9 Å². The first-order valence-corrected chi connectivity index (χ1v) is 14.0. The highest BCUT2D eigenvalue weighted by Gasteiger charge is 2.36. The monoisotopic (exact) mass is 522 g/mol. The summed E-state index contributed by atoms with van der Waals surface area (Å²) in [5.74, 6) is -0.485. The van der Waals surface area contributed by atoms with Crippen LogP contribution in [0.1, 0.15) is 64.9 Å². The number of anilines is 1. The van der Waals surface area contributed by atoms with Crippen LogP contribution in [0.2, 0.25) is 0 Å². The maximum absolute atomic E-state index is 13.5. The van der Waals surface area contributed by atoms with E-state index in [4.69, 9.17) is 4.74 Å². The highest BCUT2D eigenvalue weighted by Crippen LogP contribution is 2.36. The normalized spacial score (nSPS) is 15.2. The molecule has 0 amide bonds. The van der Waals surface area contributed by atoms with Crippen LogP contribution in [-0.2, 0) is 27.7 Å². The van der Waals surface area contributed by atoms with Crippen LogP contribution in [0.25, 0.3) is 0 Å². The summed E-state index contributed by atoms with van der Waals surface area (Å²) in [5.41, 5.74) is 4.08. The molecule has 0 fully saturated rings. The van der Waals surface area contributed by atoms with Crippen LogP contribution < -0.4 is 4.31 Å². The molecule has 1 aliphatic rings. The molecule has 196 valence electrons. The molecule has 1 unspecified atom stereocenters. The molecule has 37 heavy (non-hydrogen) atoms. The van der Waals surface area contributed by atoms with Crippen LogP contribution >= 0.6 is 0 Å². The number of esters is 1. The van der Waals surface area contributed by atoms with Gasteiger partial charge in [0.15, 0.2) is 6.61 Å². The van der Waals surface area contributed by atoms with Crippen molar-refractivity contribution in [3.05, 3.63) is 82.7 Å². The van der Waals surface area contributed by atoms with E-state index in [1.54, 1.807) is 6.07 Å². The molecule has 1 aromatic heterocycles. The summed E-state index contributed by atoms with van der Waals surface area (Å²) in [7, 11) is -3.90. The summed E-state index contributed by atoms with van der Waals surface area (Å²) >= 11 is 0. The summed E-state index contributed by atoms with van der Waals surface area (Å²) in [6.07, 6.45) is 1.62. The number of rotatable bonds is 9. The second kappa shape index (κ2) is 10.5. The lowest BCUT2D eigenvalue weighted by atomic mass is 10.1. The minimum Gasteiger partial charge on any atom is -0.454 e. The van der Waals surface area contributed by atoms with Crippen molar-refractivity contribution in [2.75, 3.05) is 10.9 Å². The summed E-state index contributed by atoms with van der Waals surface area (Å²) in [6.45, 7) is 10.4. The van der Waals surface area contributed by atoms with Crippen LogP contribution in [-0.4, -0.2) is 37.4 Å². The molecule has 8 heteroatoms. The highest BCUT2D eigenvalue weighted by atomic mass is 32.2. The Kier molecular flexibility index (Phi) is 7.59. The topological polar surface area (TPSA) is 85.7 Å². The molecule has 0 spiro atoms. The average Bonchev–Trinajstić information content (AvgIpc) is 3.35. The van der Waals surface area contributed by atoms with Crippen molar-refractivity contribution < 1.29 is 22.7 Å². The van der Waals surface area contributed by atoms with Gasteiger partial charge in [0, 0.05) is 29.5 Å². The van der Waals surface area contributed by atoms with Crippen LogP contribution in [0.5, 0.6) is 0 Å². The second-order valence-electron chi connectivity index (χ2n) is 10.1. The number of hydrogen-bond acceptors (Lipinski definition) is 5. The van der Waals surface area contributed by atoms with E-state index in [1.165, 1.54) is 28.6 Å². The maximum Gasteiger partial charge on any atom is 0.338 e. The Morgan fingerprint density at radius 1 is 1.05 bits per heavy atom. The Hall–Kier alpha value is -3.39. The summed E-state index contributed by atoms with van der Waals surface area (Å²) < 4.78 is 35.9. The number of carbonyl (C=O) groups excluding carboxylic acids is 2. The first-order valence-electron chi connectivity index (χ1n) is 12.6. The zero-order chi connectivity index (χ0) is 26.9. The molecule has 0 radical (unpaired) electrons. The number of ketones is 1. The molecule has 1 atom stereocenters. The number of ether oxygens (including phenoxy) is 1. The van der Waals surface area contributed by atoms with Crippen molar-refractivity contribution in [3.63, 3.8) is 0 Å². The first kappa shape index (κ1) is 26.7. The van der Waals surface area contributed by atoms with Gasteiger partial charge >= 0.3 is 5.97 Å². The van der Waals surface area contributed by atoms with Gasteiger partial charge in [-0.3, -0.25) is 9.10 Å². The molecule has 0 saturated carbocycles. The van der Waals surface area contributed by atoms with Crippen molar-refractivity contribution in [1.82, 2.24) is 4.57 Å². The van der Waals surface area contributed by atoms with Gasteiger partial charge in [0.2, 0.25) is 5.78 Å². The summed E-state index contributed by atoms with van der Waals surface area (Å²) in [5, 5.41) is 0. The average molecular weight is 523 g/mol. The highest BCUT2D eigenvalue weighted by molar-refractivity contribution is 7.92. The van der Waals surface area contributed by atoms with E-state index in [-0.39, 0.29) is 22.3 Å². The van der Waals surface area contributed by atoms with E-state index in [2.05, 4.69) is 18.4 Å². The quantitative estimate of drug-likeness (QED) is 0.280. The molecule has 2 aromatic carbocycles. The predicted octanol–water partition coefficient (Wildman–Crippen LogP) is 5.33. The lowest BCUT2D eigenvalue weighted by Gasteiger charge is -2.24. The van der Waals surface area contributed by atoms with E-state index in [1.807, 2.05) is 45.0 Å². The third-order valence-corrected chi connectivity index (χ3v) is 8.83. The molecular formula is C29H34N2O5S. The van der Waals surface area contributed by atoms with Gasteiger partial charge in [-0.2, -0.15) is 0 Å². The van der Waals surface area contributed by atoms with E-state index in [0.29, 0.717) is 23.6 Å². The summed E-state index contributed by atoms with van der Waals surface area (Å²) in [6, 6.07) is 14.8. The van der Waals surface area contributed by atoms with Crippen molar-refractivity contribution in [3.8, 4) is 0 Å². The smallest absolute Gasteiger partial charge is 0.338 e. The number of sulfonamides is 1. The Morgan fingerprint density at radius 3 is 2.51 bits per heavy atom. The van der Waals surface area contributed by atoms with Crippen LogP contribution in [0.4, 0.5) is 5.69 Å². The largest absolute Gasteiger partial charge is 0.454 e. The van der Waals surface area contributed by atoms with Gasteiger partial charge in [0.1, 0.15) is 0 Å². The zero-order valence-corrected chi connectivity index (χ0v) is 22.8. The van der Waals surface area contributed by atoms with Gasteiger partial charge in [-0.25, -0.2) is 13.2 Å². The summed E-state index contributed by atoms with van der Waals surface area (Å²) in [4.78, 5) is 25.7. The number of aromatic nitrogens is 1. The number of benzene rings is 2. The molecule has 2 heterocycles. The van der Waals surface area contributed by atoms with Gasteiger partial charge in [-0.1, -0.05) is 38.1 Å². The first-order chi connectivity index (χ1) is 17.5. The Morgan fingerprint density at radius 2 is 1.78 bits per heavy atom. The van der Waals surface area contributed by atoms with Crippen molar-refractivity contribution >= 4 is 27.5 Å². The minimum absolute atomic E-state index is 0.00512. The van der Waals surface area contributed by atoms with Gasteiger partial charge in [0.25, 0.3) is 10.0 Å². The molecule has 1 aliphatic heterocycles. The molecule has 4 rings (SSSR count). The Bertz CT molecular complexity index is 1440. The van der Waals surface area contributed by atoms with E-state index < -0.39 is 22.6 Å². The zero-order valence-electron chi connectivity index (χ0n) is 22.0. The van der Waals surface area contributed by atoms with Crippen LogP contribution in [0.3, 0.4) is 0 Å². The standard InChI is InChI=1S/C29H34N2O5S/c1-19(2)13-14-30-20(3)16-26(22(30)5)28(32)18-36-29(33)24-10-8-11-25(17-24)37(34,35)31-21(4)15-23-9-6-7-12-27(23)31/h6-12,16-17,19,21H,13-15,18H2,1-5H3. The Balaban J connectivity index is 1.48. The Labute approximate surface area is 219 Å². The van der Waals surface area contributed by atoms with Crippen molar-refractivity contribution in [2.24, 2.45) is 5.92 Å². The molecule has 0 N–H and O–H groups in total. The number of nitrogens with zero attached hydrogens (tertiary/aromatic N) is 2. The maximum atomic E-state index is 13.5. The fourth-order valence-corrected chi connectivity index (χ4v) is 6.65. The second-order valence-corrected chi connectivity index (χ2v) is 11.9. The van der Waals surface area contributed by atoms with Gasteiger partial charge < -0.3 is 9.30 Å². The number of para-hydroxylation sites is 1. The number of Topliss-reactive ketones (excluding diaryl/α,β-unsaturated/α-hetero) is 1. The predicted molar refractivity (Wildman–Crippen MR) is 144 cm³/mol. The van der Waals surface area contributed by atoms with Crippen LogP contribution in [0.15, 0.2) is 59.5 Å². The van der Waals surface area contributed by atoms with Gasteiger partial charge in [0.05, 0.1) is 16.1 Å².